The maximum Gasteiger partial charge on any atom is 0.343 e. The number of aliphatic hydroxyl groups is 1. The Labute approximate surface area is 181 Å². The SMILES string of the molecule is Nc1c(OC(=O)c2ccncc2)ccc2c1C(=O)N(C1CCC(=O)N(CCO)C1=O)C2=O. The molecule has 0 bridgehead atoms. The van der Waals surface area contributed by atoms with Gasteiger partial charge in [0.1, 0.15) is 6.04 Å². The van der Waals surface area contributed by atoms with E-state index >= 15 is 0 Å². The lowest BCUT2D eigenvalue weighted by atomic mass is 10.0. The fourth-order valence-electron chi connectivity index (χ4n) is 3.77. The molecule has 1 saturated heterocycles. The number of likely N-dealkylation sites (tertiary alicyclic amines) is 1. The van der Waals surface area contributed by atoms with E-state index in [2.05, 4.69) is 4.98 Å². The van der Waals surface area contributed by atoms with Gasteiger partial charge in [0.2, 0.25) is 5.91 Å². The summed E-state index contributed by atoms with van der Waals surface area (Å²) in [6.07, 6.45) is 2.73. The minimum Gasteiger partial charge on any atom is -0.421 e. The average molecular weight is 438 g/mol. The number of aromatic nitrogens is 1. The van der Waals surface area contributed by atoms with Gasteiger partial charge in [0.25, 0.3) is 17.7 Å². The van der Waals surface area contributed by atoms with Gasteiger partial charge in [-0.15, -0.1) is 0 Å². The second-order valence-electron chi connectivity index (χ2n) is 7.17. The lowest BCUT2D eigenvalue weighted by molar-refractivity contribution is -0.152. The Bertz CT molecular complexity index is 1150. The molecule has 1 atom stereocenters. The van der Waals surface area contributed by atoms with Crippen molar-refractivity contribution in [1.29, 1.82) is 0 Å². The number of rotatable bonds is 5. The number of β-amino-alcohol motifs (C(OH)–C–C–N with tert-alkyl or cyclic N) is 1. The van der Waals surface area contributed by atoms with Crippen LogP contribution in [0.15, 0.2) is 36.7 Å². The molecule has 0 radical (unpaired) electrons. The summed E-state index contributed by atoms with van der Waals surface area (Å²) in [7, 11) is 0. The van der Waals surface area contributed by atoms with Crippen LogP contribution in [0.25, 0.3) is 0 Å². The highest BCUT2D eigenvalue weighted by atomic mass is 16.5. The number of nitrogens with two attached hydrogens (primary N) is 1. The number of carbonyl (C=O) groups is 5. The van der Waals surface area contributed by atoms with E-state index in [1.807, 2.05) is 0 Å². The number of carbonyl (C=O) groups excluding carboxylic acids is 5. The lowest BCUT2D eigenvalue weighted by Crippen LogP contribution is -2.56. The summed E-state index contributed by atoms with van der Waals surface area (Å²) in [6.45, 7) is -0.667. The standard InChI is InChI=1S/C21H18N4O7/c22-17-14(32-21(31)11-5-7-23-8-6-11)3-1-12-16(17)20(30)25(18(12)28)13-2-4-15(27)24(9-10-26)19(13)29/h1,3,5-8,13,26H,2,4,9-10,22H2. The number of pyridine rings is 1. The predicted octanol–water partition coefficient (Wildman–Crippen LogP) is -0.0111. The molecule has 0 saturated carbocycles. The van der Waals surface area contributed by atoms with Crippen molar-refractivity contribution in [3.8, 4) is 5.75 Å². The zero-order chi connectivity index (χ0) is 23.0. The van der Waals surface area contributed by atoms with Crippen molar-refractivity contribution in [2.75, 3.05) is 18.9 Å². The fraction of sp³-hybridized carbons (Fsp3) is 0.238. The van der Waals surface area contributed by atoms with E-state index in [4.69, 9.17) is 15.6 Å². The Morgan fingerprint density at radius 1 is 1.12 bits per heavy atom. The minimum absolute atomic E-state index is 0.0328. The van der Waals surface area contributed by atoms with Gasteiger partial charge < -0.3 is 15.6 Å². The van der Waals surface area contributed by atoms with E-state index in [-0.39, 0.29) is 47.5 Å². The quantitative estimate of drug-likeness (QED) is 0.283. The molecule has 2 aliphatic rings. The number of amides is 4. The molecule has 3 N–H and O–H groups in total. The monoisotopic (exact) mass is 438 g/mol. The normalized spacial score (nSPS) is 18.2. The highest BCUT2D eigenvalue weighted by molar-refractivity contribution is 6.26. The molecule has 1 unspecified atom stereocenters. The van der Waals surface area contributed by atoms with Crippen LogP contribution in [-0.2, 0) is 9.59 Å². The third-order valence-corrected chi connectivity index (χ3v) is 5.33. The van der Waals surface area contributed by atoms with Gasteiger partial charge in [-0.1, -0.05) is 0 Å². The molecule has 4 amide bonds. The topological polar surface area (TPSA) is 160 Å². The maximum absolute atomic E-state index is 13.1. The fourth-order valence-corrected chi connectivity index (χ4v) is 3.77. The van der Waals surface area contributed by atoms with Crippen LogP contribution in [0, 0.1) is 0 Å². The number of fused-ring (bicyclic) bond motifs is 1. The van der Waals surface area contributed by atoms with Crippen LogP contribution in [0.1, 0.15) is 43.9 Å². The van der Waals surface area contributed by atoms with Crippen molar-refractivity contribution in [2.24, 2.45) is 0 Å². The Hall–Kier alpha value is -4.12. The molecule has 1 fully saturated rings. The molecule has 3 heterocycles. The minimum atomic E-state index is -1.20. The number of hydrogen-bond donors (Lipinski definition) is 2. The predicted molar refractivity (Wildman–Crippen MR) is 107 cm³/mol. The van der Waals surface area contributed by atoms with Crippen LogP contribution < -0.4 is 10.5 Å². The molecular weight excluding hydrogens is 420 g/mol. The van der Waals surface area contributed by atoms with E-state index in [1.54, 1.807) is 0 Å². The molecule has 32 heavy (non-hydrogen) atoms. The number of nitrogens with zero attached hydrogens (tertiary/aromatic N) is 3. The second kappa shape index (κ2) is 8.19. The smallest absolute Gasteiger partial charge is 0.343 e. The van der Waals surface area contributed by atoms with Crippen LogP contribution in [0.2, 0.25) is 0 Å². The summed E-state index contributed by atoms with van der Waals surface area (Å²) in [5.41, 5.74) is 5.86. The average Bonchev–Trinajstić information content (AvgIpc) is 3.04. The molecule has 11 heteroatoms. The number of piperidine rings is 1. The van der Waals surface area contributed by atoms with Gasteiger partial charge in [0, 0.05) is 18.8 Å². The number of aliphatic hydroxyl groups excluding tert-OH is 1. The van der Waals surface area contributed by atoms with Crippen molar-refractivity contribution >= 4 is 35.3 Å². The zero-order valence-corrected chi connectivity index (χ0v) is 16.7. The highest BCUT2D eigenvalue weighted by Gasteiger charge is 2.48. The van der Waals surface area contributed by atoms with E-state index in [9.17, 15) is 24.0 Å². The molecular formula is C21H18N4O7. The van der Waals surface area contributed by atoms with Gasteiger partial charge in [0.05, 0.1) is 35.5 Å². The number of nitrogen functional groups attached to an aromatic ring is 1. The molecule has 0 spiro atoms. The van der Waals surface area contributed by atoms with Crippen LogP contribution in [0.4, 0.5) is 5.69 Å². The van der Waals surface area contributed by atoms with Gasteiger partial charge in [-0.3, -0.25) is 34.0 Å². The van der Waals surface area contributed by atoms with Crippen molar-refractivity contribution in [1.82, 2.24) is 14.8 Å². The zero-order valence-electron chi connectivity index (χ0n) is 16.7. The van der Waals surface area contributed by atoms with Crippen molar-refractivity contribution in [3.63, 3.8) is 0 Å². The number of esters is 1. The molecule has 2 aliphatic heterocycles. The number of anilines is 1. The number of benzene rings is 1. The molecule has 0 aliphatic carbocycles. The van der Waals surface area contributed by atoms with Gasteiger partial charge in [0.15, 0.2) is 5.75 Å². The molecule has 2 aromatic rings. The largest absolute Gasteiger partial charge is 0.421 e. The van der Waals surface area contributed by atoms with Gasteiger partial charge >= 0.3 is 5.97 Å². The Morgan fingerprint density at radius 3 is 2.53 bits per heavy atom. The van der Waals surface area contributed by atoms with Crippen molar-refractivity contribution in [2.45, 2.75) is 18.9 Å². The lowest BCUT2D eigenvalue weighted by Gasteiger charge is -2.34. The van der Waals surface area contributed by atoms with E-state index in [1.165, 1.54) is 36.7 Å². The molecule has 11 nitrogen and oxygen atoms in total. The number of hydrogen-bond acceptors (Lipinski definition) is 9. The first-order valence-corrected chi connectivity index (χ1v) is 9.72. The Morgan fingerprint density at radius 2 is 1.84 bits per heavy atom. The summed E-state index contributed by atoms with van der Waals surface area (Å²) in [4.78, 5) is 68.5. The molecule has 1 aromatic heterocycles. The first-order valence-electron chi connectivity index (χ1n) is 9.72. The second-order valence-corrected chi connectivity index (χ2v) is 7.17. The Balaban J connectivity index is 1.63. The van der Waals surface area contributed by atoms with Crippen LogP contribution >= 0.6 is 0 Å². The van der Waals surface area contributed by atoms with Gasteiger partial charge in [-0.2, -0.15) is 0 Å². The first kappa shape index (κ1) is 21.1. The molecule has 1 aromatic carbocycles. The van der Waals surface area contributed by atoms with Crippen LogP contribution in [0.5, 0.6) is 5.75 Å². The van der Waals surface area contributed by atoms with E-state index in [0.29, 0.717) is 0 Å². The van der Waals surface area contributed by atoms with Crippen molar-refractivity contribution < 1.29 is 33.8 Å². The maximum atomic E-state index is 13.1. The van der Waals surface area contributed by atoms with Gasteiger partial charge in [-0.25, -0.2) is 4.79 Å². The summed E-state index contributed by atoms with van der Waals surface area (Å²) in [5.74, 6) is -3.62. The van der Waals surface area contributed by atoms with E-state index < -0.39 is 42.2 Å². The number of ether oxygens (including phenoxy) is 1. The van der Waals surface area contributed by atoms with Crippen LogP contribution in [0.3, 0.4) is 0 Å². The highest BCUT2D eigenvalue weighted by Crippen LogP contribution is 2.37. The van der Waals surface area contributed by atoms with Gasteiger partial charge in [-0.05, 0) is 30.7 Å². The number of imide groups is 2. The summed E-state index contributed by atoms with van der Waals surface area (Å²) in [5, 5.41) is 9.12. The summed E-state index contributed by atoms with van der Waals surface area (Å²) < 4.78 is 5.28. The van der Waals surface area contributed by atoms with E-state index in [0.717, 1.165) is 9.80 Å². The third kappa shape index (κ3) is 3.38. The van der Waals surface area contributed by atoms with Crippen molar-refractivity contribution in [3.05, 3.63) is 53.3 Å². The summed E-state index contributed by atoms with van der Waals surface area (Å²) >= 11 is 0. The first-order chi connectivity index (χ1) is 15.3. The summed E-state index contributed by atoms with van der Waals surface area (Å²) in [6, 6.07) is 4.28. The Kier molecular flexibility index (Phi) is 5.41. The van der Waals surface area contributed by atoms with Crippen LogP contribution in [-0.4, -0.2) is 68.7 Å². The third-order valence-electron chi connectivity index (χ3n) is 5.33. The molecule has 164 valence electrons. The molecule has 4 rings (SSSR count).